The van der Waals surface area contributed by atoms with E-state index in [2.05, 4.69) is 4.98 Å². The molecule has 0 amide bonds. The summed E-state index contributed by atoms with van der Waals surface area (Å²) in [5, 5.41) is 0. The highest BCUT2D eigenvalue weighted by molar-refractivity contribution is 5.76. The third-order valence-corrected chi connectivity index (χ3v) is 2.57. The van der Waals surface area contributed by atoms with Crippen LogP contribution in [0.1, 0.15) is 26.3 Å². The van der Waals surface area contributed by atoms with E-state index in [4.69, 9.17) is 10.5 Å². The monoisotopic (exact) mass is 251 g/mol. The summed E-state index contributed by atoms with van der Waals surface area (Å²) < 4.78 is 4.97. The average Bonchev–Trinajstić information content (AvgIpc) is 2.27. The van der Waals surface area contributed by atoms with Gasteiger partial charge in [-0.05, 0) is 39.3 Å². The van der Waals surface area contributed by atoms with E-state index in [1.54, 1.807) is 13.1 Å². The summed E-state index contributed by atoms with van der Waals surface area (Å²) in [4.78, 5) is 17.8. The van der Waals surface area contributed by atoms with Crippen LogP contribution in [0.15, 0.2) is 12.3 Å². The summed E-state index contributed by atoms with van der Waals surface area (Å²) in [6, 6.07) is 2.01. The molecule has 0 radical (unpaired) electrons. The Hall–Kier alpha value is -1.78. The van der Waals surface area contributed by atoms with Gasteiger partial charge in [-0.1, -0.05) is 0 Å². The number of ether oxygens (including phenoxy) is 1. The molecule has 1 rings (SSSR count). The van der Waals surface area contributed by atoms with Gasteiger partial charge in [0.05, 0.1) is 18.5 Å². The fraction of sp³-hybridized carbons (Fsp3) is 0.538. The van der Waals surface area contributed by atoms with E-state index in [1.165, 1.54) is 0 Å². The molecule has 0 aliphatic heterocycles. The molecule has 1 aromatic rings. The van der Waals surface area contributed by atoms with Crippen molar-refractivity contribution in [2.45, 2.75) is 33.7 Å². The van der Waals surface area contributed by atoms with Crippen LogP contribution >= 0.6 is 0 Å². The number of anilines is 2. The summed E-state index contributed by atoms with van der Waals surface area (Å²) >= 11 is 0. The molecule has 1 aromatic heterocycles. The van der Waals surface area contributed by atoms with Gasteiger partial charge in [0.25, 0.3) is 0 Å². The fourth-order valence-electron chi connectivity index (χ4n) is 1.74. The van der Waals surface area contributed by atoms with Gasteiger partial charge in [0.1, 0.15) is 12.4 Å². The predicted octanol–water partition coefficient (Wildman–Crippen LogP) is 1.75. The summed E-state index contributed by atoms with van der Waals surface area (Å²) in [5.74, 6) is 0.525. The van der Waals surface area contributed by atoms with E-state index in [-0.39, 0.29) is 18.6 Å². The molecule has 0 fully saturated rings. The van der Waals surface area contributed by atoms with Crippen LogP contribution in [-0.4, -0.2) is 30.1 Å². The van der Waals surface area contributed by atoms with Gasteiger partial charge in [0.2, 0.25) is 0 Å². The van der Waals surface area contributed by atoms with Gasteiger partial charge < -0.3 is 15.4 Å². The van der Waals surface area contributed by atoms with Gasteiger partial charge in [0, 0.05) is 6.04 Å². The molecular weight excluding hydrogens is 230 g/mol. The Balaban J connectivity index is 2.94. The molecular formula is C13H21N3O2. The number of carbonyl (C=O) groups is 1. The molecule has 100 valence electrons. The van der Waals surface area contributed by atoms with Crippen LogP contribution in [0.2, 0.25) is 0 Å². The lowest BCUT2D eigenvalue weighted by Gasteiger charge is -2.28. The van der Waals surface area contributed by atoms with Crippen molar-refractivity contribution in [1.82, 2.24) is 4.98 Å². The molecule has 0 aliphatic carbocycles. The first-order chi connectivity index (χ1) is 8.45. The second kappa shape index (κ2) is 6.23. The van der Waals surface area contributed by atoms with Gasteiger partial charge in [-0.3, -0.25) is 4.79 Å². The highest BCUT2D eigenvalue weighted by Gasteiger charge is 2.18. The molecule has 5 nitrogen and oxygen atoms in total. The predicted molar refractivity (Wildman–Crippen MR) is 72.5 cm³/mol. The Morgan fingerprint density at radius 1 is 1.56 bits per heavy atom. The lowest BCUT2D eigenvalue weighted by molar-refractivity contribution is -0.141. The zero-order valence-electron chi connectivity index (χ0n) is 11.4. The second-order valence-corrected chi connectivity index (χ2v) is 4.44. The van der Waals surface area contributed by atoms with E-state index >= 15 is 0 Å². The number of nitrogens with zero attached hydrogens (tertiary/aromatic N) is 2. The Kier molecular flexibility index (Phi) is 4.95. The Labute approximate surface area is 108 Å². The molecule has 0 saturated carbocycles. The molecule has 0 unspecified atom stereocenters. The number of nitrogens with two attached hydrogens (primary N) is 1. The zero-order chi connectivity index (χ0) is 13.7. The number of pyridine rings is 1. The van der Waals surface area contributed by atoms with Crippen molar-refractivity contribution in [3.63, 3.8) is 0 Å². The Morgan fingerprint density at radius 3 is 2.72 bits per heavy atom. The lowest BCUT2D eigenvalue weighted by Crippen LogP contribution is -2.37. The second-order valence-electron chi connectivity index (χ2n) is 4.44. The quantitative estimate of drug-likeness (QED) is 0.807. The van der Waals surface area contributed by atoms with Crippen LogP contribution in [0.25, 0.3) is 0 Å². The summed E-state index contributed by atoms with van der Waals surface area (Å²) in [5.41, 5.74) is 7.25. The van der Waals surface area contributed by atoms with Gasteiger partial charge in [0.15, 0.2) is 0 Å². The average molecular weight is 251 g/mol. The molecule has 0 saturated heterocycles. The number of aryl methyl sites for hydroxylation is 1. The molecule has 0 spiro atoms. The van der Waals surface area contributed by atoms with Gasteiger partial charge >= 0.3 is 5.97 Å². The highest BCUT2D eigenvalue weighted by Crippen LogP contribution is 2.20. The van der Waals surface area contributed by atoms with Crippen molar-refractivity contribution in [2.75, 3.05) is 23.8 Å². The standard InChI is InChI=1S/C13H21N3O2/c1-5-18-12(17)8-16(9(2)3)13-10(4)6-11(14)7-15-13/h6-7,9H,5,8,14H2,1-4H3. The summed E-state index contributed by atoms with van der Waals surface area (Å²) in [7, 11) is 0. The molecule has 1 heterocycles. The van der Waals surface area contributed by atoms with Crippen molar-refractivity contribution in [3.8, 4) is 0 Å². The SMILES string of the molecule is CCOC(=O)CN(c1ncc(N)cc1C)C(C)C. The van der Waals surface area contributed by atoms with Crippen LogP contribution < -0.4 is 10.6 Å². The number of aromatic nitrogens is 1. The smallest absolute Gasteiger partial charge is 0.325 e. The van der Waals surface area contributed by atoms with E-state index in [0.29, 0.717) is 12.3 Å². The van der Waals surface area contributed by atoms with Crippen LogP contribution in [0, 0.1) is 6.92 Å². The maximum absolute atomic E-state index is 11.6. The maximum atomic E-state index is 11.6. The van der Waals surface area contributed by atoms with Crippen molar-refractivity contribution >= 4 is 17.5 Å². The molecule has 18 heavy (non-hydrogen) atoms. The van der Waals surface area contributed by atoms with Crippen LogP contribution in [-0.2, 0) is 9.53 Å². The highest BCUT2D eigenvalue weighted by atomic mass is 16.5. The topological polar surface area (TPSA) is 68.5 Å². The van der Waals surface area contributed by atoms with Gasteiger partial charge in [-0.15, -0.1) is 0 Å². The normalized spacial score (nSPS) is 10.5. The first-order valence-corrected chi connectivity index (χ1v) is 6.10. The number of hydrogen-bond donors (Lipinski definition) is 1. The number of nitrogen functional groups attached to an aromatic ring is 1. The minimum Gasteiger partial charge on any atom is -0.465 e. The van der Waals surface area contributed by atoms with Crippen molar-refractivity contribution in [1.29, 1.82) is 0 Å². The number of carbonyl (C=O) groups excluding carboxylic acids is 1. The van der Waals surface area contributed by atoms with Crippen LogP contribution in [0.5, 0.6) is 0 Å². The van der Waals surface area contributed by atoms with Crippen LogP contribution in [0.4, 0.5) is 11.5 Å². The maximum Gasteiger partial charge on any atom is 0.325 e. The summed E-state index contributed by atoms with van der Waals surface area (Å²) in [6.07, 6.45) is 1.60. The first-order valence-electron chi connectivity index (χ1n) is 6.10. The fourth-order valence-corrected chi connectivity index (χ4v) is 1.74. The van der Waals surface area contributed by atoms with E-state index in [1.807, 2.05) is 31.7 Å². The van der Waals surface area contributed by atoms with Gasteiger partial charge in [-0.25, -0.2) is 4.98 Å². The largest absolute Gasteiger partial charge is 0.465 e. The van der Waals surface area contributed by atoms with Crippen molar-refractivity contribution < 1.29 is 9.53 Å². The van der Waals surface area contributed by atoms with Crippen molar-refractivity contribution in [3.05, 3.63) is 17.8 Å². The molecule has 0 aromatic carbocycles. The van der Waals surface area contributed by atoms with Crippen LogP contribution in [0.3, 0.4) is 0 Å². The first kappa shape index (κ1) is 14.3. The molecule has 2 N–H and O–H groups in total. The molecule has 5 heteroatoms. The Morgan fingerprint density at radius 2 is 2.22 bits per heavy atom. The summed E-state index contributed by atoms with van der Waals surface area (Å²) in [6.45, 7) is 8.33. The Bertz CT molecular complexity index is 419. The minimum absolute atomic E-state index is 0.157. The van der Waals surface area contributed by atoms with E-state index in [0.717, 1.165) is 11.4 Å². The lowest BCUT2D eigenvalue weighted by atomic mass is 10.2. The molecule has 0 bridgehead atoms. The third kappa shape index (κ3) is 3.61. The van der Waals surface area contributed by atoms with E-state index < -0.39 is 0 Å². The van der Waals surface area contributed by atoms with E-state index in [9.17, 15) is 4.79 Å². The number of esters is 1. The number of rotatable bonds is 5. The zero-order valence-corrected chi connectivity index (χ0v) is 11.4. The number of hydrogen-bond acceptors (Lipinski definition) is 5. The minimum atomic E-state index is -0.246. The molecule has 0 atom stereocenters. The third-order valence-electron chi connectivity index (χ3n) is 2.57. The van der Waals surface area contributed by atoms with Gasteiger partial charge in [-0.2, -0.15) is 0 Å². The molecule has 0 aliphatic rings. The van der Waals surface area contributed by atoms with Crippen molar-refractivity contribution in [2.24, 2.45) is 0 Å².